The molecule has 2 rings (SSSR count). The molecule has 1 N–H and O–H groups in total. The van der Waals surface area contributed by atoms with Crippen LogP contribution in [0.1, 0.15) is 49.7 Å². The molecule has 0 amide bonds. The van der Waals surface area contributed by atoms with Crippen molar-refractivity contribution in [3.8, 4) is 5.75 Å². The summed E-state index contributed by atoms with van der Waals surface area (Å²) in [6, 6.07) is 3.10. The van der Waals surface area contributed by atoms with Crippen LogP contribution in [0.15, 0.2) is 18.3 Å². The van der Waals surface area contributed by atoms with Gasteiger partial charge in [-0.1, -0.05) is 6.92 Å². The molecular formula is C17H21F3N2O3. The quantitative estimate of drug-likeness (QED) is 0.769. The van der Waals surface area contributed by atoms with Crippen molar-refractivity contribution in [1.82, 2.24) is 9.61 Å². The van der Waals surface area contributed by atoms with Gasteiger partial charge in [0.2, 0.25) is 0 Å². The first-order chi connectivity index (χ1) is 11.5. The molecule has 8 heteroatoms. The van der Waals surface area contributed by atoms with Crippen LogP contribution >= 0.6 is 0 Å². The fourth-order valence-corrected chi connectivity index (χ4v) is 2.37. The molecule has 0 unspecified atom stereocenters. The first kappa shape index (κ1) is 19.2. The molecule has 0 radical (unpaired) electrons. The van der Waals surface area contributed by atoms with Gasteiger partial charge in [0.1, 0.15) is 12.4 Å². The van der Waals surface area contributed by atoms with E-state index in [4.69, 9.17) is 4.74 Å². The number of ether oxygens (including phenoxy) is 1. The highest BCUT2D eigenvalue weighted by Gasteiger charge is 2.29. The second kappa shape index (κ2) is 7.03. The van der Waals surface area contributed by atoms with E-state index in [1.807, 2.05) is 0 Å². The molecule has 2 aromatic rings. The van der Waals surface area contributed by atoms with E-state index >= 15 is 0 Å². The predicted molar refractivity (Wildman–Crippen MR) is 86.0 cm³/mol. The number of hydrogen-bond donors (Lipinski definition) is 1. The lowest BCUT2D eigenvalue weighted by Gasteiger charge is -2.20. The van der Waals surface area contributed by atoms with Crippen LogP contribution in [0.25, 0.3) is 5.52 Å². The zero-order valence-corrected chi connectivity index (χ0v) is 14.4. The zero-order chi connectivity index (χ0) is 18.8. The average molecular weight is 358 g/mol. The van der Waals surface area contributed by atoms with Crippen molar-refractivity contribution in [1.29, 1.82) is 0 Å². The van der Waals surface area contributed by atoms with E-state index in [9.17, 15) is 23.1 Å². The fourth-order valence-electron chi connectivity index (χ4n) is 2.37. The number of aliphatic hydroxyl groups is 1. The third kappa shape index (κ3) is 4.94. The Morgan fingerprint density at radius 2 is 2.00 bits per heavy atom. The van der Waals surface area contributed by atoms with E-state index in [1.165, 1.54) is 30.6 Å². The monoisotopic (exact) mass is 358 g/mol. The number of aromatic nitrogens is 2. The van der Waals surface area contributed by atoms with Gasteiger partial charge in [0.15, 0.2) is 5.78 Å². The number of fused-ring (bicyclic) bond motifs is 1. The van der Waals surface area contributed by atoms with Crippen molar-refractivity contribution in [3.05, 3.63) is 29.6 Å². The van der Waals surface area contributed by atoms with Crippen molar-refractivity contribution >= 4 is 11.3 Å². The van der Waals surface area contributed by atoms with Gasteiger partial charge in [-0.25, -0.2) is 4.52 Å². The van der Waals surface area contributed by atoms with E-state index in [2.05, 4.69) is 5.10 Å². The van der Waals surface area contributed by atoms with Gasteiger partial charge in [0.05, 0.1) is 28.6 Å². The van der Waals surface area contributed by atoms with Gasteiger partial charge in [-0.2, -0.15) is 18.3 Å². The number of carbonyl (C=O) groups is 1. The molecule has 5 nitrogen and oxygen atoms in total. The summed E-state index contributed by atoms with van der Waals surface area (Å²) in [7, 11) is 0. The lowest BCUT2D eigenvalue weighted by Crippen LogP contribution is -2.28. The van der Waals surface area contributed by atoms with E-state index in [0.717, 1.165) is 0 Å². The summed E-state index contributed by atoms with van der Waals surface area (Å²) >= 11 is 0. The minimum Gasteiger partial charge on any atom is -0.489 e. The number of aryl methyl sites for hydroxylation is 1. The van der Waals surface area contributed by atoms with Crippen molar-refractivity contribution in [2.75, 3.05) is 6.61 Å². The van der Waals surface area contributed by atoms with E-state index in [1.54, 1.807) is 13.0 Å². The van der Waals surface area contributed by atoms with Gasteiger partial charge < -0.3 is 9.84 Å². The van der Waals surface area contributed by atoms with E-state index < -0.39 is 18.2 Å². The average Bonchev–Trinajstić information content (AvgIpc) is 2.92. The first-order valence-corrected chi connectivity index (χ1v) is 7.96. The van der Waals surface area contributed by atoms with Crippen LogP contribution in [0, 0.1) is 0 Å². The highest BCUT2D eigenvalue weighted by molar-refractivity contribution is 6.02. The fraction of sp³-hybridized carbons (Fsp3) is 0.529. The first-order valence-electron chi connectivity index (χ1n) is 7.96. The molecule has 0 spiro atoms. The summed E-state index contributed by atoms with van der Waals surface area (Å²) in [5.41, 5.74) is -0.109. The van der Waals surface area contributed by atoms with E-state index in [0.29, 0.717) is 11.1 Å². The molecule has 0 saturated heterocycles. The molecule has 2 heterocycles. The van der Waals surface area contributed by atoms with Crippen LogP contribution in [0.2, 0.25) is 0 Å². The summed E-state index contributed by atoms with van der Waals surface area (Å²) in [5.74, 6) is 0.0689. The van der Waals surface area contributed by atoms with Gasteiger partial charge in [-0.05, 0) is 26.0 Å². The molecule has 25 heavy (non-hydrogen) atoms. The minimum atomic E-state index is -4.33. The molecule has 0 atom stereocenters. The zero-order valence-electron chi connectivity index (χ0n) is 14.4. The normalized spacial score (nSPS) is 12.6. The van der Waals surface area contributed by atoms with Crippen LogP contribution in [0.4, 0.5) is 13.2 Å². The second-order valence-electron chi connectivity index (χ2n) is 6.49. The summed E-state index contributed by atoms with van der Waals surface area (Å²) < 4.78 is 44.8. The Morgan fingerprint density at radius 1 is 1.32 bits per heavy atom. The molecular weight excluding hydrogens is 337 g/mol. The summed E-state index contributed by atoms with van der Waals surface area (Å²) in [6.45, 7) is 4.69. The number of pyridine rings is 1. The number of alkyl halides is 3. The van der Waals surface area contributed by atoms with Crippen LogP contribution in [0.3, 0.4) is 0 Å². The maximum atomic E-state index is 12.7. The lowest BCUT2D eigenvalue weighted by atomic mass is 10.1. The van der Waals surface area contributed by atoms with Crippen molar-refractivity contribution in [3.63, 3.8) is 0 Å². The Balaban J connectivity index is 2.46. The number of hydrogen-bond acceptors (Lipinski definition) is 4. The van der Waals surface area contributed by atoms with Crippen LogP contribution in [0.5, 0.6) is 5.75 Å². The molecule has 0 aliphatic rings. The Hall–Kier alpha value is -2.09. The molecule has 0 bridgehead atoms. The minimum absolute atomic E-state index is 0.0838. The Labute approximate surface area is 143 Å². The summed E-state index contributed by atoms with van der Waals surface area (Å²) in [6.07, 6.45) is -4.08. The third-order valence-electron chi connectivity index (χ3n) is 3.59. The molecule has 2 aromatic heterocycles. The highest BCUT2D eigenvalue weighted by Crippen LogP contribution is 2.29. The molecule has 0 aromatic carbocycles. The van der Waals surface area contributed by atoms with Gasteiger partial charge in [-0.15, -0.1) is 0 Å². The van der Waals surface area contributed by atoms with Crippen LogP contribution in [-0.2, 0) is 6.42 Å². The molecule has 0 saturated carbocycles. The molecule has 0 fully saturated rings. The SMILES string of the molecule is CCC(=O)c1cnn2c(CCC(F)(F)F)c(OCC(C)(C)O)ccc12. The van der Waals surface area contributed by atoms with Gasteiger partial charge in [0.25, 0.3) is 0 Å². The summed E-state index contributed by atoms with van der Waals surface area (Å²) in [5, 5.41) is 13.9. The number of Topliss-reactive ketones (excluding diaryl/α,β-unsaturated/α-hetero) is 1. The van der Waals surface area contributed by atoms with Gasteiger partial charge in [0, 0.05) is 19.3 Å². The standard InChI is InChI=1S/C17H21F3N2O3/c1-4-14(23)11-9-21-22-12(11)5-6-15(25-10-16(2,3)24)13(22)7-8-17(18,19)20/h5-6,9,24H,4,7-8,10H2,1-3H3. The number of carbonyl (C=O) groups excluding carboxylic acids is 1. The largest absolute Gasteiger partial charge is 0.489 e. The van der Waals surface area contributed by atoms with Crippen LogP contribution < -0.4 is 4.74 Å². The van der Waals surface area contributed by atoms with Gasteiger partial charge in [-0.3, -0.25) is 4.79 Å². The number of ketones is 1. The maximum Gasteiger partial charge on any atom is 0.389 e. The second-order valence-corrected chi connectivity index (χ2v) is 6.49. The third-order valence-corrected chi connectivity index (χ3v) is 3.59. The molecule has 0 aliphatic heterocycles. The molecule has 138 valence electrons. The number of nitrogens with zero attached hydrogens (tertiary/aromatic N) is 2. The maximum absolute atomic E-state index is 12.7. The predicted octanol–water partition coefficient (Wildman–Crippen LogP) is 3.57. The highest BCUT2D eigenvalue weighted by atomic mass is 19.4. The Morgan fingerprint density at radius 3 is 2.56 bits per heavy atom. The Bertz CT molecular complexity index is 761. The smallest absolute Gasteiger partial charge is 0.389 e. The van der Waals surface area contributed by atoms with Crippen molar-refractivity contribution in [2.45, 2.75) is 51.8 Å². The van der Waals surface area contributed by atoms with Crippen LogP contribution in [-0.4, -0.2) is 38.9 Å². The van der Waals surface area contributed by atoms with Crippen molar-refractivity contribution in [2.24, 2.45) is 0 Å². The topological polar surface area (TPSA) is 63.8 Å². The molecule has 0 aliphatic carbocycles. The van der Waals surface area contributed by atoms with Crippen molar-refractivity contribution < 1.29 is 27.8 Å². The van der Waals surface area contributed by atoms with E-state index in [-0.39, 0.29) is 36.7 Å². The Kier molecular flexibility index (Phi) is 5.41. The summed E-state index contributed by atoms with van der Waals surface area (Å²) in [4.78, 5) is 12.0. The van der Waals surface area contributed by atoms with Gasteiger partial charge >= 0.3 is 6.18 Å². The number of rotatable bonds is 7. The lowest BCUT2D eigenvalue weighted by molar-refractivity contribution is -0.134. The number of halogens is 3.